The molecule has 2 aromatic rings. The Kier molecular flexibility index (Phi) is 7.21. The zero-order valence-electron chi connectivity index (χ0n) is 12.4. The number of thiazole rings is 1. The second-order valence-electron chi connectivity index (χ2n) is 4.28. The van der Waals surface area contributed by atoms with E-state index in [9.17, 15) is 0 Å². The fourth-order valence-corrected chi connectivity index (χ4v) is 2.75. The summed E-state index contributed by atoms with van der Waals surface area (Å²) >= 11 is 12.6. The number of halogens is 1. The molecule has 2 rings (SSSR count). The minimum absolute atomic E-state index is 0.386. The first-order chi connectivity index (χ1) is 11.2. The van der Waals surface area contributed by atoms with Crippen LogP contribution in [0.1, 0.15) is 4.88 Å². The molecule has 23 heavy (non-hydrogen) atoms. The van der Waals surface area contributed by atoms with E-state index in [1.54, 1.807) is 13.3 Å². The molecular formula is C14H16ClN5OS2. The topological polar surface area (TPSA) is 70.6 Å². The molecule has 0 saturated heterocycles. The minimum Gasteiger partial charge on any atom is -0.383 e. The Labute approximate surface area is 148 Å². The molecule has 6 nitrogen and oxygen atoms in total. The number of thiocarbonyl (C=S) groups is 1. The molecule has 0 unspecified atom stereocenters. The van der Waals surface area contributed by atoms with Crippen molar-refractivity contribution >= 4 is 57.3 Å². The van der Waals surface area contributed by atoms with Crippen LogP contribution in [-0.2, 0) is 4.74 Å². The fraction of sp³-hybridized carbons (Fsp3) is 0.214. The third-order valence-corrected chi connectivity index (χ3v) is 4.12. The number of hydrogen-bond donors (Lipinski definition) is 3. The van der Waals surface area contributed by atoms with Gasteiger partial charge in [-0.1, -0.05) is 41.1 Å². The Morgan fingerprint density at radius 2 is 2.22 bits per heavy atom. The zero-order chi connectivity index (χ0) is 16.5. The monoisotopic (exact) mass is 369 g/mol. The van der Waals surface area contributed by atoms with Crippen molar-refractivity contribution in [2.75, 3.05) is 25.6 Å². The number of methoxy groups -OCH3 is 1. The fourth-order valence-electron chi connectivity index (χ4n) is 1.55. The Morgan fingerprint density at radius 1 is 1.43 bits per heavy atom. The van der Waals surface area contributed by atoms with Gasteiger partial charge in [0.25, 0.3) is 0 Å². The maximum atomic E-state index is 6.10. The van der Waals surface area contributed by atoms with E-state index in [0.29, 0.717) is 28.5 Å². The summed E-state index contributed by atoms with van der Waals surface area (Å²) in [6.07, 6.45) is 1.58. The summed E-state index contributed by atoms with van der Waals surface area (Å²) in [6, 6.07) is 9.75. The molecule has 0 spiro atoms. The van der Waals surface area contributed by atoms with Gasteiger partial charge in [0.1, 0.15) is 0 Å². The van der Waals surface area contributed by atoms with Crippen LogP contribution in [0.2, 0.25) is 5.15 Å². The lowest BCUT2D eigenvalue weighted by Gasteiger charge is -2.05. The van der Waals surface area contributed by atoms with E-state index in [1.165, 1.54) is 11.3 Å². The van der Waals surface area contributed by atoms with Crippen LogP contribution in [0, 0.1) is 0 Å². The van der Waals surface area contributed by atoms with Crippen molar-refractivity contribution < 1.29 is 4.74 Å². The van der Waals surface area contributed by atoms with E-state index in [0.717, 1.165) is 10.6 Å². The van der Waals surface area contributed by atoms with Gasteiger partial charge in [-0.2, -0.15) is 5.10 Å². The van der Waals surface area contributed by atoms with Crippen molar-refractivity contribution in [1.82, 2.24) is 15.7 Å². The van der Waals surface area contributed by atoms with Crippen LogP contribution in [0.5, 0.6) is 0 Å². The van der Waals surface area contributed by atoms with Gasteiger partial charge in [0.2, 0.25) is 0 Å². The Balaban J connectivity index is 1.88. The number of nitrogens with one attached hydrogen (secondary N) is 3. The quantitative estimate of drug-likeness (QED) is 0.301. The zero-order valence-corrected chi connectivity index (χ0v) is 14.8. The first-order valence-corrected chi connectivity index (χ1v) is 8.33. The van der Waals surface area contributed by atoms with Crippen LogP contribution in [0.15, 0.2) is 35.4 Å². The predicted molar refractivity (Wildman–Crippen MR) is 100 cm³/mol. The molecule has 0 bridgehead atoms. The summed E-state index contributed by atoms with van der Waals surface area (Å²) in [5, 5.41) is 11.7. The Morgan fingerprint density at radius 3 is 2.96 bits per heavy atom. The van der Waals surface area contributed by atoms with Crippen molar-refractivity contribution in [2.24, 2.45) is 5.10 Å². The van der Waals surface area contributed by atoms with Crippen molar-refractivity contribution in [3.8, 4) is 0 Å². The van der Waals surface area contributed by atoms with E-state index in [2.05, 4.69) is 26.1 Å². The van der Waals surface area contributed by atoms with Gasteiger partial charge in [-0.3, -0.25) is 5.43 Å². The van der Waals surface area contributed by atoms with Crippen molar-refractivity contribution in [2.45, 2.75) is 0 Å². The smallest absolute Gasteiger partial charge is 0.189 e. The predicted octanol–water partition coefficient (Wildman–Crippen LogP) is 2.98. The first-order valence-electron chi connectivity index (χ1n) is 6.73. The van der Waals surface area contributed by atoms with E-state index < -0.39 is 0 Å². The number of para-hydroxylation sites is 1. The second-order valence-corrected chi connectivity index (χ2v) is 6.08. The summed E-state index contributed by atoms with van der Waals surface area (Å²) in [6.45, 7) is 1.19. The average molecular weight is 370 g/mol. The van der Waals surface area contributed by atoms with E-state index >= 15 is 0 Å². The summed E-state index contributed by atoms with van der Waals surface area (Å²) in [5.41, 5.74) is 3.66. The molecule has 0 atom stereocenters. The number of rotatable bonds is 7. The van der Waals surface area contributed by atoms with Crippen LogP contribution in [0.3, 0.4) is 0 Å². The van der Waals surface area contributed by atoms with Crippen LogP contribution in [0.4, 0.5) is 10.8 Å². The molecule has 0 aliphatic rings. The molecule has 0 radical (unpaired) electrons. The van der Waals surface area contributed by atoms with Crippen molar-refractivity contribution in [1.29, 1.82) is 0 Å². The Bertz CT molecular complexity index is 662. The maximum Gasteiger partial charge on any atom is 0.189 e. The van der Waals surface area contributed by atoms with Gasteiger partial charge in [-0.15, -0.1) is 0 Å². The van der Waals surface area contributed by atoms with Crippen LogP contribution < -0.4 is 16.1 Å². The lowest BCUT2D eigenvalue weighted by molar-refractivity contribution is 0.204. The molecule has 9 heteroatoms. The summed E-state index contributed by atoms with van der Waals surface area (Å²) in [4.78, 5) is 4.99. The molecule has 3 N–H and O–H groups in total. The third-order valence-electron chi connectivity index (χ3n) is 2.57. The highest BCUT2D eigenvalue weighted by molar-refractivity contribution is 7.80. The van der Waals surface area contributed by atoms with E-state index in [4.69, 9.17) is 28.6 Å². The molecule has 0 fully saturated rings. The number of hydrogen-bond acceptors (Lipinski definition) is 6. The molecule has 1 heterocycles. The lowest BCUT2D eigenvalue weighted by atomic mass is 10.3. The summed E-state index contributed by atoms with van der Waals surface area (Å²) in [5.74, 6) is 0. The highest BCUT2D eigenvalue weighted by Gasteiger charge is 2.07. The maximum absolute atomic E-state index is 6.10. The molecule has 1 aromatic heterocycles. The van der Waals surface area contributed by atoms with Gasteiger partial charge in [0.05, 0.1) is 17.7 Å². The molecule has 122 valence electrons. The van der Waals surface area contributed by atoms with Gasteiger partial charge >= 0.3 is 0 Å². The van der Waals surface area contributed by atoms with Gasteiger partial charge in [-0.05, 0) is 24.4 Å². The largest absolute Gasteiger partial charge is 0.383 e. The Hall–Kier alpha value is -1.74. The number of anilines is 2. The SMILES string of the molecule is COCCNC(=S)NN=Cc1sc(Nc2ccccc2)nc1Cl. The molecular weight excluding hydrogens is 354 g/mol. The van der Waals surface area contributed by atoms with Crippen LogP contribution in [-0.4, -0.2) is 36.6 Å². The number of ether oxygens (including phenoxy) is 1. The lowest BCUT2D eigenvalue weighted by Crippen LogP contribution is -2.34. The molecule has 0 aliphatic heterocycles. The molecule has 0 aliphatic carbocycles. The highest BCUT2D eigenvalue weighted by atomic mass is 35.5. The van der Waals surface area contributed by atoms with Crippen LogP contribution >= 0.6 is 35.2 Å². The number of hydrazone groups is 1. The van der Waals surface area contributed by atoms with Gasteiger partial charge < -0.3 is 15.4 Å². The number of nitrogens with zero attached hydrogens (tertiary/aromatic N) is 2. The summed E-state index contributed by atoms with van der Waals surface area (Å²) in [7, 11) is 1.63. The first kappa shape index (κ1) is 17.6. The minimum atomic E-state index is 0.386. The molecule has 0 amide bonds. The molecule has 0 saturated carbocycles. The van der Waals surface area contributed by atoms with Crippen molar-refractivity contribution in [3.63, 3.8) is 0 Å². The number of aromatic nitrogens is 1. The van der Waals surface area contributed by atoms with Gasteiger partial charge in [0, 0.05) is 19.3 Å². The van der Waals surface area contributed by atoms with Crippen LogP contribution in [0.25, 0.3) is 0 Å². The van der Waals surface area contributed by atoms with E-state index in [-0.39, 0.29) is 0 Å². The molecule has 1 aromatic carbocycles. The van der Waals surface area contributed by atoms with Crippen molar-refractivity contribution in [3.05, 3.63) is 40.4 Å². The van der Waals surface area contributed by atoms with E-state index in [1.807, 2.05) is 30.3 Å². The summed E-state index contributed by atoms with van der Waals surface area (Å²) < 4.78 is 4.91. The van der Waals surface area contributed by atoms with Gasteiger partial charge in [-0.25, -0.2) is 4.98 Å². The van der Waals surface area contributed by atoms with Gasteiger partial charge in [0.15, 0.2) is 15.4 Å². The normalized spacial score (nSPS) is 10.7. The standard InChI is InChI=1S/C14H16ClN5OS2/c1-21-8-7-16-13(22)20-17-9-11-12(15)19-14(23-11)18-10-5-3-2-4-6-10/h2-6,9H,7-8H2,1H3,(H,18,19)(H2,16,20,22). The average Bonchev–Trinajstić information content (AvgIpc) is 2.88. The second kappa shape index (κ2) is 9.41. The highest BCUT2D eigenvalue weighted by Crippen LogP contribution is 2.27. The number of benzene rings is 1. The third kappa shape index (κ3) is 6.11.